The Labute approximate surface area is 200 Å². The topological polar surface area (TPSA) is 63.4 Å². The van der Waals surface area contributed by atoms with Crippen LogP contribution in [0.2, 0.25) is 0 Å². The van der Waals surface area contributed by atoms with E-state index < -0.39 is 0 Å². The standard InChI is InChI=1S/C25H23N5OS2/c1-15-9-10-21(17(3)11-15)29(18(4)31)24-26-19(13-32-24)14-33-25-28-27-23-12-16(2)20-7-5-6-8-22(20)30(23)25/h5-13H,14H2,1-4H3. The first-order valence-electron chi connectivity index (χ1n) is 10.6. The van der Waals surface area contributed by atoms with Crippen molar-refractivity contribution in [1.82, 2.24) is 19.6 Å². The number of benzene rings is 2. The summed E-state index contributed by atoms with van der Waals surface area (Å²) in [4.78, 5) is 19.0. The summed E-state index contributed by atoms with van der Waals surface area (Å²) in [6.45, 7) is 7.74. The van der Waals surface area contributed by atoms with E-state index in [2.05, 4.69) is 45.8 Å². The van der Waals surface area contributed by atoms with Crippen LogP contribution in [0.5, 0.6) is 0 Å². The summed E-state index contributed by atoms with van der Waals surface area (Å²) in [6, 6.07) is 16.4. The Morgan fingerprint density at radius 2 is 1.88 bits per heavy atom. The lowest BCUT2D eigenvalue weighted by molar-refractivity contribution is -0.115. The smallest absolute Gasteiger partial charge is 0.230 e. The lowest BCUT2D eigenvalue weighted by atomic mass is 10.1. The molecule has 0 aliphatic rings. The molecule has 6 nitrogen and oxygen atoms in total. The van der Waals surface area contributed by atoms with Crippen LogP contribution in [0.4, 0.5) is 10.8 Å². The van der Waals surface area contributed by atoms with Crippen LogP contribution < -0.4 is 4.90 Å². The van der Waals surface area contributed by atoms with E-state index in [4.69, 9.17) is 4.98 Å². The lowest BCUT2D eigenvalue weighted by Gasteiger charge is -2.20. The largest absolute Gasteiger partial charge is 0.274 e. The molecule has 0 atom stereocenters. The number of aryl methyl sites for hydroxylation is 3. The van der Waals surface area contributed by atoms with E-state index in [1.807, 2.05) is 43.5 Å². The molecule has 0 aliphatic heterocycles. The van der Waals surface area contributed by atoms with Gasteiger partial charge in [-0.2, -0.15) is 0 Å². The summed E-state index contributed by atoms with van der Waals surface area (Å²) in [5.74, 6) is 0.582. The second-order valence-electron chi connectivity index (χ2n) is 8.08. The summed E-state index contributed by atoms with van der Waals surface area (Å²) in [7, 11) is 0. The number of hydrogen-bond acceptors (Lipinski definition) is 6. The van der Waals surface area contributed by atoms with Gasteiger partial charge in [0.15, 0.2) is 15.9 Å². The van der Waals surface area contributed by atoms with Gasteiger partial charge in [0.2, 0.25) is 5.91 Å². The fourth-order valence-electron chi connectivity index (χ4n) is 4.04. The van der Waals surface area contributed by atoms with Crippen LogP contribution in [0.25, 0.3) is 16.6 Å². The number of thioether (sulfide) groups is 1. The van der Waals surface area contributed by atoms with Gasteiger partial charge in [-0.1, -0.05) is 47.7 Å². The average Bonchev–Trinajstić information content (AvgIpc) is 3.41. The Hall–Kier alpha value is -3.23. The van der Waals surface area contributed by atoms with E-state index in [1.165, 1.54) is 27.8 Å². The second-order valence-corrected chi connectivity index (χ2v) is 9.85. The molecule has 2 aromatic carbocycles. The third-order valence-corrected chi connectivity index (χ3v) is 7.40. The van der Waals surface area contributed by atoms with Gasteiger partial charge in [0.05, 0.1) is 16.9 Å². The fourth-order valence-corrected chi connectivity index (χ4v) is 5.87. The maximum absolute atomic E-state index is 12.5. The van der Waals surface area contributed by atoms with E-state index in [1.54, 1.807) is 23.6 Å². The van der Waals surface area contributed by atoms with Gasteiger partial charge < -0.3 is 0 Å². The van der Waals surface area contributed by atoms with Crippen LogP contribution >= 0.6 is 23.1 Å². The van der Waals surface area contributed by atoms with Crippen molar-refractivity contribution in [3.63, 3.8) is 0 Å². The summed E-state index contributed by atoms with van der Waals surface area (Å²) < 4.78 is 2.10. The van der Waals surface area contributed by atoms with Gasteiger partial charge in [0.1, 0.15) is 0 Å². The van der Waals surface area contributed by atoms with E-state index in [-0.39, 0.29) is 5.91 Å². The van der Waals surface area contributed by atoms with Crippen molar-refractivity contribution in [2.75, 3.05) is 4.90 Å². The predicted octanol–water partition coefficient (Wildman–Crippen LogP) is 6.24. The van der Waals surface area contributed by atoms with Crippen LogP contribution in [0.1, 0.15) is 29.3 Å². The number of pyridine rings is 1. The van der Waals surface area contributed by atoms with Crippen LogP contribution in [0.15, 0.2) is 59.1 Å². The van der Waals surface area contributed by atoms with Gasteiger partial charge in [0, 0.05) is 23.4 Å². The van der Waals surface area contributed by atoms with Crippen molar-refractivity contribution in [1.29, 1.82) is 0 Å². The summed E-state index contributed by atoms with van der Waals surface area (Å²) in [5.41, 5.74) is 7.10. The zero-order valence-electron chi connectivity index (χ0n) is 18.9. The molecule has 0 aliphatic carbocycles. The van der Waals surface area contributed by atoms with Crippen molar-refractivity contribution in [2.45, 2.75) is 38.6 Å². The van der Waals surface area contributed by atoms with Gasteiger partial charge in [-0.25, -0.2) is 4.98 Å². The van der Waals surface area contributed by atoms with Crippen molar-refractivity contribution >= 4 is 56.4 Å². The van der Waals surface area contributed by atoms with Crippen molar-refractivity contribution in [2.24, 2.45) is 0 Å². The quantitative estimate of drug-likeness (QED) is 0.283. The number of rotatable bonds is 5. The molecular weight excluding hydrogens is 450 g/mol. The third kappa shape index (κ3) is 4.00. The molecule has 8 heteroatoms. The SMILES string of the molecule is CC(=O)N(c1nc(CSc2nnc3cc(C)c4ccccc4n23)cs1)c1ccc(C)cc1C. The molecule has 3 heterocycles. The number of thiazole rings is 1. The molecule has 33 heavy (non-hydrogen) atoms. The van der Waals surface area contributed by atoms with E-state index in [9.17, 15) is 4.79 Å². The summed E-state index contributed by atoms with van der Waals surface area (Å²) >= 11 is 3.07. The Morgan fingerprint density at radius 1 is 1.06 bits per heavy atom. The Morgan fingerprint density at radius 3 is 2.67 bits per heavy atom. The molecule has 0 bridgehead atoms. The minimum atomic E-state index is -0.0548. The Kier molecular flexibility index (Phi) is 5.64. The molecule has 166 valence electrons. The first kappa shape index (κ1) is 21.6. The molecule has 0 unspecified atom stereocenters. The highest BCUT2D eigenvalue weighted by Crippen LogP contribution is 2.33. The molecule has 0 saturated carbocycles. The first-order valence-corrected chi connectivity index (χ1v) is 12.5. The first-order chi connectivity index (χ1) is 15.9. The van der Waals surface area contributed by atoms with Crippen LogP contribution in [0, 0.1) is 20.8 Å². The maximum Gasteiger partial charge on any atom is 0.230 e. The summed E-state index contributed by atoms with van der Waals surface area (Å²) in [6.07, 6.45) is 0. The highest BCUT2D eigenvalue weighted by Gasteiger charge is 2.20. The van der Waals surface area contributed by atoms with Crippen molar-refractivity contribution in [3.8, 4) is 0 Å². The van der Waals surface area contributed by atoms with Gasteiger partial charge in [-0.3, -0.25) is 14.1 Å². The average molecular weight is 474 g/mol. The molecule has 5 rings (SSSR count). The minimum Gasteiger partial charge on any atom is -0.274 e. The molecular formula is C25H23N5OS2. The predicted molar refractivity (Wildman–Crippen MR) is 136 cm³/mol. The molecule has 3 aromatic heterocycles. The van der Waals surface area contributed by atoms with Gasteiger partial charge in [0.25, 0.3) is 0 Å². The molecule has 0 N–H and O–H groups in total. The maximum atomic E-state index is 12.5. The zero-order valence-corrected chi connectivity index (χ0v) is 20.5. The van der Waals surface area contributed by atoms with Gasteiger partial charge in [-0.05, 0) is 50.1 Å². The molecule has 0 radical (unpaired) electrons. The molecule has 0 spiro atoms. The monoisotopic (exact) mass is 473 g/mol. The number of nitrogens with zero attached hydrogens (tertiary/aromatic N) is 5. The molecule has 1 amide bonds. The lowest BCUT2D eigenvalue weighted by Crippen LogP contribution is -2.23. The third-order valence-electron chi connectivity index (χ3n) is 5.56. The van der Waals surface area contributed by atoms with E-state index in [0.29, 0.717) is 10.9 Å². The number of fused-ring (bicyclic) bond motifs is 3. The number of anilines is 2. The highest BCUT2D eigenvalue weighted by molar-refractivity contribution is 7.98. The highest BCUT2D eigenvalue weighted by atomic mass is 32.2. The van der Waals surface area contributed by atoms with Crippen molar-refractivity contribution < 1.29 is 4.79 Å². The number of carbonyl (C=O) groups is 1. The fraction of sp³-hybridized carbons (Fsp3) is 0.200. The normalized spacial score (nSPS) is 11.4. The Bertz CT molecular complexity index is 1500. The number of para-hydroxylation sites is 1. The van der Waals surface area contributed by atoms with E-state index in [0.717, 1.165) is 33.3 Å². The number of carbonyl (C=O) groups excluding carboxylic acids is 1. The van der Waals surface area contributed by atoms with Crippen LogP contribution in [0.3, 0.4) is 0 Å². The van der Waals surface area contributed by atoms with Gasteiger partial charge >= 0.3 is 0 Å². The van der Waals surface area contributed by atoms with Crippen LogP contribution in [-0.4, -0.2) is 25.5 Å². The zero-order chi connectivity index (χ0) is 23.1. The molecule has 5 aromatic rings. The summed E-state index contributed by atoms with van der Waals surface area (Å²) in [5, 5.41) is 13.5. The minimum absolute atomic E-state index is 0.0548. The number of amides is 1. The second kappa shape index (κ2) is 8.61. The van der Waals surface area contributed by atoms with Crippen LogP contribution in [-0.2, 0) is 10.5 Å². The number of aromatic nitrogens is 4. The van der Waals surface area contributed by atoms with E-state index >= 15 is 0 Å². The Balaban J connectivity index is 1.43. The van der Waals surface area contributed by atoms with Crippen molar-refractivity contribution in [3.05, 3.63) is 76.3 Å². The molecule has 0 fully saturated rings. The van der Waals surface area contributed by atoms with Gasteiger partial charge in [-0.15, -0.1) is 21.5 Å². The molecule has 0 saturated heterocycles. The number of hydrogen-bond donors (Lipinski definition) is 0.